The molecule has 2 aromatic carbocycles. The Hall–Kier alpha value is -3.24. The van der Waals surface area contributed by atoms with E-state index in [2.05, 4.69) is 0 Å². The van der Waals surface area contributed by atoms with Crippen molar-refractivity contribution in [1.82, 2.24) is 9.80 Å². The van der Waals surface area contributed by atoms with Crippen molar-refractivity contribution in [3.63, 3.8) is 0 Å². The Morgan fingerprint density at radius 1 is 0.921 bits per heavy atom. The molecule has 0 N–H and O–H groups in total. The van der Waals surface area contributed by atoms with Gasteiger partial charge in [0.15, 0.2) is 0 Å². The second-order valence-electron chi connectivity index (χ2n) is 10.5. The van der Waals surface area contributed by atoms with Crippen molar-refractivity contribution < 1.29 is 40.7 Å². The summed E-state index contributed by atoms with van der Waals surface area (Å²) in [4.78, 5) is 28.7. The Morgan fingerprint density at radius 3 is 1.92 bits per heavy atom. The van der Waals surface area contributed by atoms with Crippen molar-refractivity contribution in [2.75, 3.05) is 20.1 Å². The third-order valence-corrected chi connectivity index (χ3v) is 6.39. The topological polar surface area (TPSA) is 49.9 Å². The first-order valence-corrected chi connectivity index (χ1v) is 12.0. The average Bonchev–Trinajstić information content (AvgIpc) is 2.80. The van der Waals surface area contributed by atoms with E-state index >= 15 is 0 Å². The summed E-state index contributed by atoms with van der Waals surface area (Å²) in [6.07, 6.45) is -10.4. The van der Waals surface area contributed by atoms with Gasteiger partial charge in [-0.15, -0.1) is 0 Å². The summed E-state index contributed by atoms with van der Waals surface area (Å²) in [6, 6.07) is 7.62. The van der Waals surface area contributed by atoms with Crippen molar-refractivity contribution in [1.29, 1.82) is 0 Å². The van der Waals surface area contributed by atoms with Crippen LogP contribution in [0, 0.1) is 6.92 Å². The van der Waals surface area contributed by atoms with Crippen LogP contribution in [0.3, 0.4) is 0 Å². The zero-order chi connectivity index (χ0) is 28.6. The second-order valence-corrected chi connectivity index (χ2v) is 10.5. The minimum atomic E-state index is -5.07. The van der Waals surface area contributed by atoms with Gasteiger partial charge < -0.3 is 14.5 Å². The molecule has 2 amide bonds. The molecule has 0 aliphatic carbocycles. The predicted molar refractivity (Wildman–Crippen MR) is 129 cm³/mol. The van der Waals surface area contributed by atoms with Crippen molar-refractivity contribution in [2.45, 2.75) is 64.0 Å². The summed E-state index contributed by atoms with van der Waals surface area (Å²) in [5.74, 6) is -1.44. The number of piperidine rings is 1. The quantitative estimate of drug-likeness (QED) is 0.395. The number of hydrogen-bond acceptors (Lipinski definition) is 3. The molecule has 1 aliphatic heterocycles. The Balaban J connectivity index is 1.97. The zero-order valence-electron chi connectivity index (χ0n) is 21.7. The summed E-state index contributed by atoms with van der Waals surface area (Å²) in [6.45, 7) is 7.41. The van der Waals surface area contributed by atoms with Crippen LogP contribution in [-0.4, -0.2) is 53.6 Å². The van der Waals surface area contributed by atoms with Gasteiger partial charge in [-0.2, -0.15) is 26.3 Å². The standard InChI is InChI=1S/C27H30F6N2O3/c1-16-6-8-17(9-7-16)21-15-35(24(37)38-25(2,3)4)11-10-22(21)34(5)23(36)18-12-19(26(28,29)30)14-20(13-18)27(31,32)33/h6-9,12-14,21-22H,10-11,15H2,1-5H3/t21-,22+/m0/s1. The van der Waals surface area contributed by atoms with E-state index in [4.69, 9.17) is 4.74 Å². The normalized spacial score (nSPS) is 18.8. The number of aryl methyl sites for hydroxylation is 1. The molecule has 2 aromatic rings. The lowest BCUT2D eigenvalue weighted by Gasteiger charge is -2.43. The molecule has 2 atom stereocenters. The van der Waals surface area contributed by atoms with Crippen LogP contribution in [0.15, 0.2) is 42.5 Å². The number of carbonyl (C=O) groups excluding carboxylic acids is 2. The Morgan fingerprint density at radius 2 is 1.45 bits per heavy atom. The zero-order valence-corrected chi connectivity index (χ0v) is 21.7. The first kappa shape index (κ1) is 29.3. The van der Waals surface area contributed by atoms with Gasteiger partial charge in [-0.25, -0.2) is 4.79 Å². The first-order chi connectivity index (χ1) is 17.4. The van der Waals surface area contributed by atoms with Crippen molar-refractivity contribution in [3.05, 3.63) is 70.3 Å². The lowest BCUT2D eigenvalue weighted by molar-refractivity contribution is -0.143. The number of hydrogen-bond donors (Lipinski definition) is 0. The number of alkyl halides is 6. The third kappa shape index (κ3) is 6.99. The first-order valence-electron chi connectivity index (χ1n) is 12.0. The third-order valence-electron chi connectivity index (χ3n) is 6.39. The summed E-state index contributed by atoms with van der Waals surface area (Å²) in [5.41, 5.74) is -2.82. The highest BCUT2D eigenvalue weighted by Crippen LogP contribution is 2.38. The van der Waals surface area contributed by atoms with E-state index < -0.39 is 58.6 Å². The van der Waals surface area contributed by atoms with Gasteiger partial charge in [0.1, 0.15) is 5.60 Å². The van der Waals surface area contributed by atoms with Gasteiger partial charge in [0.05, 0.1) is 11.1 Å². The maximum absolute atomic E-state index is 13.4. The molecule has 11 heteroatoms. The molecule has 1 aliphatic rings. The molecule has 0 saturated carbocycles. The van der Waals surface area contributed by atoms with Crippen molar-refractivity contribution in [3.8, 4) is 0 Å². The number of likely N-dealkylation sites (tertiary alicyclic amines) is 1. The summed E-state index contributed by atoms with van der Waals surface area (Å²) in [7, 11) is 1.35. The number of halogens is 6. The lowest BCUT2D eigenvalue weighted by atomic mass is 9.84. The van der Waals surface area contributed by atoms with E-state index in [0.29, 0.717) is 12.1 Å². The van der Waals surface area contributed by atoms with E-state index in [9.17, 15) is 35.9 Å². The van der Waals surface area contributed by atoms with Gasteiger partial charge in [-0.1, -0.05) is 29.8 Å². The second kappa shape index (κ2) is 10.5. The molecule has 208 valence electrons. The molecule has 0 radical (unpaired) electrons. The van der Waals surface area contributed by atoms with Crippen molar-refractivity contribution >= 4 is 12.0 Å². The Kier molecular flexibility index (Phi) is 8.10. The minimum Gasteiger partial charge on any atom is -0.444 e. The lowest BCUT2D eigenvalue weighted by Crippen LogP contribution is -2.52. The van der Waals surface area contributed by atoms with Gasteiger partial charge in [-0.05, 0) is 57.9 Å². The van der Waals surface area contributed by atoms with Gasteiger partial charge in [-0.3, -0.25) is 4.79 Å². The SMILES string of the molecule is Cc1ccc([C@@H]2CN(C(=O)OC(C)(C)C)CC[C@H]2N(C)C(=O)c2cc(C(F)(F)F)cc(C(F)(F)F)c2)cc1. The van der Waals surface area contributed by atoms with Gasteiger partial charge >= 0.3 is 18.4 Å². The molecule has 38 heavy (non-hydrogen) atoms. The van der Waals surface area contributed by atoms with Crippen LogP contribution in [0.2, 0.25) is 0 Å². The molecule has 0 spiro atoms. The van der Waals surface area contributed by atoms with Crippen LogP contribution in [0.25, 0.3) is 0 Å². The number of likely N-dealkylation sites (N-methyl/N-ethyl adjacent to an activating group) is 1. The van der Waals surface area contributed by atoms with E-state index in [-0.39, 0.29) is 25.6 Å². The highest BCUT2D eigenvalue weighted by molar-refractivity contribution is 5.95. The van der Waals surface area contributed by atoms with E-state index in [1.54, 1.807) is 20.8 Å². The molecular weight excluding hydrogens is 514 g/mol. The molecular formula is C27H30F6N2O3. The number of benzene rings is 2. The molecule has 5 nitrogen and oxygen atoms in total. The van der Waals surface area contributed by atoms with Gasteiger partial charge in [0, 0.05) is 37.7 Å². The fraction of sp³-hybridized carbons (Fsp3) is 0.481. The summed E-state index contributed by atoms with van der Waals surface area (Å²) < 4.78 is 85.7. The summed E-state index contributed by atoms with van der Waals surface area (Å²) >= 11 is 0. The van der Waals surface area contributed by atoms with E-state index in [1.165, 1.54) is 16.8 Å². The molecule has 1 fully saturated rings. The Labute approximate surface area is 217 Å². The van der Waals surface area contributed by atoms with Crippen LogP contribution < -0.4 is 0 Å². The number of carbonyl (C=O) groups is 2. The van der Waals surface area contributed by atoms with Crippen LogP contribution in [0.4, 0.5) is 31.1 Å². The van der Waals surface area contributed by atoms with E-state index in [1.807, 2.05) is 31.2 Å². The van der Waals surface area contributed by atoms with Crippen molar-refractivity contribution in [2.24, 2.45) is 0 Å². The maximum atomic E-state index is 13.4. The summed E-state index contributed by atoms with van der Waals surface area (Å²) in [5, 5.41) is 0. The molecule has 1 heterocycles. The molecule has 1 saturated heterocycles. The van der Waals surface area contributed by atoms with Crippen LogP contribution in [-0.2, 0) is 17.1 Å². The highest BCUT2D eigenvalue weighted by atomic mass is 19.4. The van der Waals surface area contributed by atoms with E-state index in [0.717, 1.165) is 11.1 Å². The molecule has 3 rings (SSSR count). The van der Waals surface area contributed by atoms with Gasteiger partial charge in [0.25, 0.3) is 5.91 Å². The largest absolute Gasteiger partial charge is 0.444 e. The maximum Gasteiger partial charge on any atom is 0.416 e. The fourth-order valence-corrected chi connectivity index (χ4v) is 4.47. The minimum absolute atomic E-state index is 0.00872. The smallest absolute Gasteiger partial charge is 0.416 e. The average molecular weight is 545 g/mol. The number of nitrogens with zero attached hydrogens (tertiary/aromatic N) is 2. The van der Waals surface area contributed by atoms with Crippen LogP contribution >= 0.6 is 0 Å². The van der Waals surface area contributed by atoms with Gasteiger partial charge in [0.2, 0.25) is 0 Å². The number of rotatable bonds is 3. The Bertz CT molecular complexity index is 1140. The monoisotopic (exact) mass is 544 g/mol. The van der Waals surface area contributed by atoms with Crippen LogP contribution in [0.1, 0.15) is 65.7 Å². The van der Waals surface area contributed by atoms with Crippen LogP contribution in [0.5, 0.6) is 0 Å². The molecule has 0 unspecified atom stereocenters. The molecule has 0 aromatic heterocycles. The fourth-order valence-electron chi connectivity index (χ4n) is 4.47. The molecule has 0 bridgehead atoms. The number of ether oxygens (including phenoxy) is 1. The highest BCUT2D eigenvalue weighted by Gasteiger charge is 2.40. The predicted octanol–water partition coefficient (Wildman–Crippen LogP) is 6.90. The number of amides is 2.